The van der Waals surface area contributed by atoms with E-state index >= 15 is 0 Å². The van der Waals surface area contributed by atoms with Crippen LogP contribution in [0.2, 0.25) is 0 Å². The minimum atomic E-state index is -0.325. The number of hydrogen-bond donors (Lipinski definition) is 2. The smallest absolute Gasteiger partial charge is 0.329 e. The highest BCUT2D eigenvalue weighted by Gasteiger charge is 2.18. The minimum Gasteiger partial charge on any atom is -0.341 e. The molecule has 0 atom stereocenters. The third-order valence-electron chi connectivity index (χ3n) is 4.76. The molecule has 0 radical (unpaired) electrons. The summed E-state index contributed by atoms with van der Waals surface area (Å²) in [5.41, 5.74) is 3.54. The molecule has 1 aromatic carbocycles. The Morgan fingerprint density at radius 3 is 2.28 bits per heavy atom. The van der Waals surface area contributed by atoms with Gasteiger partial charge >= 0.3 is 6.03 Å². The van der Waals surface area contributed by atoms with Gasteiger partial charge in [-0.3, -0.25) is 14.2 Å². The predicted octanol–water partition coefficient (Wildman–Crippen LogP) is 4.59. The van der Waals surface area contributed by atoms with Crippen molar-refractivity contribution in [3.63, 3.8) is 0 Å². The van der Waals surface area contributed by atoms with Crippen LogP contribution in [0.15, 0.2) is 29.3 Å². The standard InChI is InChI=1S/C21H31N5O2S/c1-8-25(6)20(27)17-12-18(23-26(17)7)29-24-21(28)22-19-15(13(2)3)10-9-11-16(19)14(4)5/h9-14H,8H2,1-7H3,(H2,22,24,28). The van der Waals surface area contributed by atoms with Crippen LogP contribution in [0.25, 0.3) is 0 Å². The molecule has 0 aliphatic heterocycles. The van der Waals surface area contributed by atoms with E-state index in [2.05, 4.69) is 42.8 Å². The highest BCUT2D eigenvalue weighted by atomic mass is 32.2. The Morgan fingerprint density at radius 2 is 1.76 bits per heavy atom. The van der Waals surface area contributed by atoms with Gasteiger partial charge in [-0.15, -0.1) is 0 Å². The number of urea groups is 1. The van der Waals surface area contributed by atoms with Gasteiger partial charge in [0.15, 0.2) is 0 Å². The van der Waals surface area contributed by atoms with Gasteiger partial charge in [0.2, 0.25) is 0 Å². The number of carbonyl (C=O) groups excluding carboxylic acids is 2. The van der Waals surface area contributed by atoms with Crippen molar-refractivity contribution in [1.82, 2.24) is 19.4 Å². The summed E-state index contributed by atoms with van der Waals surface area (Å²) in [6, 6.07) is 7.47. The number of amides is 3. The number of nitrogens with zero attached hydrogens (tertiary/aromatic N) is 3. The Hall–Kier alpha value is -2.48. The molecule has 3 amide bonds. The van der Waals surface area contributed by atoms with E-state index in [1.807, 2.05) is 25.1 Å². The largest absolute Gasteiger partial charge is 0.341 e. The Bertz CT molecular complexity index is 850. The molecule has 0 bridgehead atoms. The van der Waals surface area contributed by atoms with Crippen molar-refractivity contribution in [1.29, 1.82) is 0 Å². The highest BCUT2D eigenvalue weighted by molar-refractivity contribution is 7.97. The number of aromatic nitrogens is 2. The summed E-state index contributed by atoms with van der Waals surface area (Å²) in [6.45, 7) is 11.0. The van der Waals surface area contributed by atoms with Crippen LogP contribution < -0.4 is 10.0 Å². The molecule has 0 saturated carbocycles. The average molecular weight is 418 g/mol. The fourth-order valence-corrected chi connectivity index (χ4v) is 3.55. The number of carbonyl (C=O) groups is 2. The van der Waals surface area contributed by atoms with E-state index in [0.29, 0.717) is 17.3 Å². The Labute approximate surface area is 177 Å². The van der Waals surface area contributed by atoms with Crippen LogP contribution in [-0.4, -0.2) is 40.2 Å². The minimum absolute atomic E-state index is 0.105. The van der Waals surface area contributed by atoms with Gasteiger partial charge in [0.1, 0.15) is 10.7 Å². The summed E-state index contributed by atoms with van der Waals surface area (Å²) in [6.07, 6.45) is 0. The van der Waals surface area contributed by atoms with E-state index in [1.165, 1.54) is 4.68 Å². The van der Waals surface area contributed by atoms with Crippen LogP contribution in [-0.2, 0) is 7.05 Å². The van der Waals surface area contributed by atoms with E-state index in [-0.39, 0.29) is 23.8 Å². The van der Waals surface area contributed by atoms with Crippen LogP contribution in [0.4, 0.5) is 10.5 Å². The fraction of sp³-hybridized carbons (Fsp3) is 0.476. The van der Waals surface area contributed by atoms with Crippen LogP contribution in [0.5, 0.6) is 0 Å². The summed E-state index contributed by atoms with van der Waals surface area (Å²) in [4.78, 5) is 26.5. The van der Waals surface area contributed by atoms with Crippen molar-refractivity contribution >= 4 is 29.6 Å². The number of benzene rings is 1. The maximum atomic E-state index is 12.6. The zero-order valence-electron chi connectivity index (χ0n) is 18.2. The molecule has 1 heterocycles. The number of aryl methyl sites for hydroxylation is 1. The maximum absolute atomic E-state index is 12.6. The van der Waals surface area contributed by atoms with E-state index < -0.39 is 0 Å². The van der Waals surface area contributed by atoms with E-state index in [1.54, 1.807) is 25.1 Å². The number of nitrogens with one attached hydrogen (secondary N) is 2. The maximum Gasteiger partial charge on any atom is 0.329 e. The average Bonchev–Trinajstić information content (AvgIpc) is 3.05. The Morgan fingerprint density at radius 1 is 1.17 bits per heavy atom. The van der Waals surface area contributed by atoms with Crippen LogP contribution in [0.3, 0.4) is 0 Å². The molecule has 0 unspecified atom stereocenters. The lowest BCUT2D eigenvalue weighted by Gasteiger charge is -2.20. The van der Waals surface area contributed by atoms with E-state index in [4.69, 9.17) is 0 Å². The number of hydrogen-bond acceptors (Lipinski definition) is 4. The third kappa shape index (κ3) is 5.53. The molecule has 2 rings (SSSR count). The van der Waals surface area contributed by atoms with Crippen molar-refractivity contribution in [2.45, 2.75) is 51.5 Å². The summed E-state index contributed by atoms with van der Waals surface area (Å²) in [7, 11) is 3.46. The van der Waals surface area contributed by atoms with Gasteiger partial charge in [-0.1, -0.05) is 45.9 Å². The lowest BCUT2D eigenvalue weighted by molar-refractivity contribution is 0.0791. The zero-order valence-corrected chi connectivity index (χ0v) is 19.1. The molecule has 2 aromatic rings. The van der Waals surface area contributed by atoms with Crippen LogP contribution in [0, 0.1) is 0 Å². The normalized spacial score (nSPS) is 11.1. The number of para-hydroxylation sites is 1. The van der Waals surface area contributed by atoms with Crippen molar-refractivity contribution in [2.24, 2.45) is 7.05 Å². The molecule has 0 spiro atoms. The zero-order chi connectivity index (χ0) is 21.7. The van der Waals surface area contributed by atoms with Gasteiger partial charge in [-0.2, -0.15) is 5.10 Å². The van der Waals surface area contributed by atoms with Gasteiger partial charge in [0.05, 0.1) is 0 Å². The van der Waals surface area contributed by atoms with Crippen LogP contribution in [0.1, 0.15) is 68.1 Å². The second kappa shape index (κ2) is 9.82. The third-order valence-corrected chi connectivity index (χ3v) is 5.45. The summed E-state index contributed by atoms with van der Waals surface area (Å²) in [5, 5.41) is 7.86. The molecule has 8 heteroatoms. The number of rotatable bonds is 7. The van der Waals surface area contributed by atoms with Gasteiger partial charge in [-0.05, 0) is 29.9 Å². The second-order valence-electron chi connectivity index (χ2n) is 7.59. The molecule has 0 aliphatic carbocycles. The molecule has 158 valence electrons. The fourth-order valence-electron chi connectivity index (χ4n) is 2.96. The van der Waals surface area contributed by atoms with E-state index in [9.17, 15) is 9.59 Å². The first-order valence-electron chi connectivity index (χ1n) is 9.81. The van der Waals surface area contributed by atoms with Crippen molar-refractivity contribution in [3.8, 4) is 0 Å². The van der Waals surface area contributed by atoms with Crippen molar-refractivity contribution < 1.29 is 9.59 Å². The molecule has 29 heavy (non-hydrogen) atoms. The predicted molar refractivity (Wildman–Crippen MR) is 118 cm³/mol. The highest BCUT2D eigenvalue weighted by Crippen LogP contribution is 2.32. The summed E-state index contributed by atoms with van der Waals surface area (Å²) >= 11 is 1.08. The molecule has 0 fully saturated rings. The van der Waals surface area contributed by atoms with Gasteiger partial charge in [0.25, 0.3) is 5.91 Å². The topological polar surface area (TPSA) is 79.3 Å². The molecule has 2 N–H and O–H groups in total. The monoisotopic (exact) mass is 417 g/mol. The molecule has 1 aromatic heterocycles. The summed E-state index contributed by atoms with van der Waals surface area (Å²) in [5.74, 6) is 0.472. The van der Waals surface area contributed by atoms with E-state index in [0.717, 1.165) is 28.8 Å². The lowest BCUT2D eigenvalue weighted by Crippen LogP contribution is -2.28. The lowest BCUT2D eigenvalue weighted by atomic mass is 9.93. The first-order valence-corrected chi connectivity index (χ1v) is 10.6. The molecule has 7 nitrogen and oxygen atoms in total. The van der Waals surface area contributed by atoms with Crippen LogP contribution >= 0.6 is 11.9 Å². The Balaban J connectivity index is 2.11. The Kier molecular flexibility index (Phi) is 7.73. The second-order valence-corrected chi connectivity index (χ2v) is 8.42. The molecule has 0 aliphatic rings. The first-order chi connectivity index (χ1) is 13.6. The van der Waals surface area contributed by atoms with Crippen molar-refractivity contribution in [2.75, 3.05) is 18.9 Å². The SMILES string of the molecule is CCN(C)C(=O)c1cc(SNC(=O)Nc2c(C(C)C)cccc2C(C)C)nn1C. The molecular formula is C21H31N5O2S. The summed E-state index contributed by atoms with van der Waals surface area (Å²) < 4.78 is 4.30. The molecular weight excluding hydrogens is 386 g/mol. The first kappa shape index (κ1) is 22.8. The quantitative estimate of drug-likeness (QED) is 0.646. The number of anilines is 1. The van der Waals surface area contributed by atoms with Gasteiger partial charge < -0.3 is 10.2 Å². The van der Waals surface area contributed by atoms with Gasteiger partial charge in [0, 0.05) is 44.3 Å². The molecule has 0 saturated heterocycles. The van der Waals surface area contributed by atoms with Crippen molar-refractivity contribution in [3.05, 3.63) is 41.1 Å². The van der Waals surface area contributed by atoms with Gasteiger partial charge in [-0.25, -0.2) is 4.79 Å².